The van der Waals surface area contributed by atoms with Gasteiger partial charge in [-0.2, -0.15) is 13.2 Å². The number of hydrogen-bond acceptors (Lipinski definition) is 3. The van der Waals surface area contributed by atoms with Crippen LogP contribution in [-0.4, -0.2) is 23.5 Å². The summed E-state index contributed by atoms with van der Waals surface area (Å²) in [5.41, 5.74) is -0.146. The molecule has 0 fully saturated rings. The number of hydrogen-bond donors (Lipinski definition) is 1. The molecule has 0 amide bonds. The van der Waals surface area contributed by atoms with Crippen molar-refractivity contribution in [1.29, 1.82) is 0 Å². The van der Waals surface area contributed by atoms with Gasteiger partial charge in [0.2, 0.25) is 0 Å². The number of aromatic carboxylic acids is 1. The summed E-state index contributed by atoms with van der Waals surface area (Å²) < 4.78 is 45.0. The Kier molecular flexibility index (Phi) is 5.69. The molecule has 2 aromatic carbocycles. The Morgan fingerprint density at radius 1 is 1.08 bits per heavy atom. The maximum absolute atomic E-state index is 13.3. The first-order valence-corrected chi connectivity index (χ1v) is 7.83. The van der Waals surface area contributed by atoms with E-state index in [4.69, 9.17) is 9.84 Å². The smallest absolute Gasteiger partial charge is 0.419 e. The first-order chi connectivity index (χ1) is 12.1. The molecule has 0 heterocycles. The van der Waals surface area contributed by atoms with Crippen LogP contribution in [0.2, 0.25) is 0 Å². The number of ether oxygens (including phenoxy) is 1. The van der Waals surface area contributed by atoms with Gasteiger partial charge in [-0.05, 0) is 43.2 Å². The summed E-state index contributed by atoms with van der Waals surface area (Å²) in [6.07, 6.45) is -4.83. The molecular formula is C19H17F3O4. The van der Waals surface area contributed by atoms with E-state index in [0.717, 1.165) is 6.07 Å². The van der Waals surface area contributed by atoms with Gasteiger partial charge < -0.3 is 9.84 Å². The number of carbonyl (C=O) groups is 2. The van der Waals surface area contributed by atoms with Crippen LogP contribution in [0.15, 0.2) is 36.4 Å². The van der Waals surface area contributed by atoms with Crippen LogP contribution in [0.1, 0.15) is 44.3 Å². The molecule has 1 N–H and O–H groups in total. The third kappa shape index (κ3) is 4.41. The Labute approximate surface area is 148 Å². The molecule has 0 bridgehead atoms. The van der Waals surface area contributed by atoms with Crippen LogP contribution >= 0.6 is 0 Å². The van der Waals surface area contributed by atoms with E-state index in [-0.39, 0.29) is 35.5 Å². The molecule has 0 saturated carbocycles. The molecule has 2 rings (SSSR count). The van der Waals surface area contributed by atoms with E-state index in [0.29, 0.717) is 5.56 Å². The van der Waals surface area contributed by atoms with Crippen molar-refractivity contribution in [2.24, 2.45) is 0 Å². The van der Waals surface area contributed by atoms with E-state index in [9.17, 15) is 22.8 Å². The monoisotopic (exact) mass is 366 g/mol. The van der Waals surface area contributed by atoms with E-state index >= 15 is 0 Å². The van der Waals surface area contributed by atoms with Gasteiger partial charge in [0.05, 0.1) is 17.7 Å². The van der Waals surface area contributed by atoms with Crippen molar-refractivity contribution in [3.05, 3.63) is 64.2 Å². The SMILES string of the molecule is CCOc1c(C)cc(CC(=O)c2ccc(C(=O)O)cc2)cc1C(F)(F)F. The van der Waals surface area contributed by atoms with Crippen LogP contribution in [0, 0.1) is 6.92 Å². The number of aryl methyl sites for hydroxylation is 1. The second-order valence-electron chi connectivity index (χ2n) is 5.70. The zero-order valence-electron chi connectivity index (χ0n) is 14.2. The summed E-state index contributed by atoms with van der Waals surface area (Å²) in [4.78, 5) is 23.1. The number of halogens is 3. The number of carbonyl (C=O) groups excluding carboxylic acids is 1. The average molecular weight is 366 g/mol. The fraction of sp³-hybridized carbons (Fsp3) is 0.263. The Bertz CT molecular complexity index is 824. The number of carboxylic acids is 1. The highest BCUT2D eigenvalue weighted by Crippen LogP contribution is 2.39. The van der Waals surface area contributed by atoms with Crippen molar-refractivity contribution in [2.45, 2.75) is 26.4 Å². The Morgan fingerprint density at radius 3 is 2.15 bits per heavy atom. The Balaban J connectivity index is 2.32. The number of rotatable bonds is 6. The Morgan fingerprint density at radius 2 is 1.65 bits per heavy atom. The van der Waals surface area contributed by atoms with Crippen molar-refractivity contribution in [1.82, 2.24) is 0 Å². The number of ketones is 1. The van der Waals surface area contributed by atoms with Gasteiger partial charge in [0.15, 0.2) is 5.78 Å². The summed E-state index contributed by atoms with van der Waals surface area (Å²) in [5.74, 6) is -1.76. The standard InChI is InChI=1S/C19H17F3O4/c1-3-26-17-11(2)8-12(9-15(17)19(20,21)22)10-16(23)13-4-6-14(7-5-13)18(24)25/h4-9H,3,10H2,1-2H3,(H,24,25). The number of carboxylic acid groups (broad SMARTS) is 1. The molecule has 0 aliphatic heterocycles. The molecule has 0 saturated heterocycles. The predicted octanol–water partition coefficient (Wildman–Crippen LogP) is 4.54. The minimum atomic E-state index is -4.60. The third-order valence-corrected chi connectivity index (χ3v) is 3.75. The first kappa shape index (κ1) is 19.5. The van der Waals surface area contributed by atoms with E-state index in [1.807, 2.05) is 0 Å². The lowest BCUT2D eigenvalue weighted by Crippen LogP contribution is -2.12. The molecule has 7 heteroatoms. The summed E-state index contributed by atoms with van der Waals surface area (Å²) in [7, 11) is 0. The number of Topliss-reactive ketones (excluding diaryl/α,β-unsaturated/α-hetero) is 1. The lowest BCUT2D eigenvalue weighted by molar-refractivity contribution is -0.139. The normalized spacial score (nSPS) is 11.3. The topological polar surface area (TPSA) is 63.6 Å². The Hall–Kier alpha value is -2.83. The third-order valence-electron chi connectivity index (χ3n) is 3.75. The highest BCUT2D eigenvalue weighted by atomic mass is 19.4. The highest BCUT2D eigenvalue weighted by Gasteiger charge is 2.35. The summed E-state index contributed by atoms with van der Waals surface area (Å²) in [6, 6.07) is 7.65. The van der Waals surface area contributed by atoms with Gasteiger partial charge in [0.1, 0.15) is 5.75 Å². The molecule has 0 aliphatic rings. The van der Waals surface area contributed by atoms with Gasteiger partial charge in [-0.15, -0.1) is 0 Å². The minimum absolute atomic E-state index is 0.0258. The van der Waals surface area contributed by atoms with Crippen molar-refractivity contribution < 1.29 is 32.6 Å². The first-order valence-electron chi connectivity index (χ1n) is 7.83. The van der Waals surface area contributed by atoms with Crippen LogP contribution in [0.25, 0.3) is 0 Å². The molecule has 0 unspecified atom stereocenters. The zero-order chi connectivity index (χ0) is 19.5. The highest BCUT2D eigenvalue weighted by molar-refractivity contribution is 5.98. The van der Waals surface area contributed by atoms with Gasteiger partial charge in [-0.1, -0.05) is 18.2 Å². The second kappa shape index (κ2) is 7.59. The van der Waals surface area contributed by atoms with Gasteiger partial charge in [-0.3, -0.25) is 4.79 Å². The van der Waals surface area contributed by atoms with Gasteiger partial charge in [0, 0.05) is 12.0 Å². The van der Waals surface area contributed by atoms with Gasteiger partial charge in [0.25, 0.3) is 0 Å². The van der Waals surface area contributed by atoms with Crippen LogP contribution in [0.5, 0.6) is 5.75 Å². The van der Waals surface area contributed by atoms with Crippen LogP contribution in [0.3, 0.4) is 0 Å². The van der Waals surface area contributed by atoms with Crippen molar-refractivity contribution in [2.75, 3.05) is 6.61 Å². The molecular weight excluding hydrogens is 349 g/mol. The second-order valence-corrected chi connectivity index (χ2v) is 5.70. The lowest BCUT2D eigenvalue weighted by atomic mass is 9.97. The fourth-order valence-electron chi connectivity index (χ4n) is 2.58. The molecule has 2 aromatic rings. The maximum Gasteiger partial charge on any atom is 0.419 e. The van der Waals surface area contributed by atoms with E-state index < -0.39 is 23.5 Å². The average Bonchev–Trinajstić information content (AvgIpc) is 2.56. The van der Waals surface area contributed by atoms with E-state index in [1.165, 1.54) is 37.3 Å². The zero-order valence-corrected chi connectivity index (χ0v) is 14.2. The van der Waals surface area contributed by atoms with Crippen molar-refractivity contribution >= 4 is 11.8 Å². The van der Waals surface area contributed by atoms with E-state index in [1.54, 1.807) is 6.92 Å². The van der Waals surface area contributed by atoms with Crippen LogP contribution in [-0.2, 0) is 12.6 Å². The molecule has 0 atom stereocenters. The number of alkyl halides is 3. The molecule has 0 aliphatic carbocycles. The summed E-state index contributed by atoms with van der Waals surface area (Å²) >= 11 is 0. The summed E-state index contributed by atoms with van der Waals surface area (Å²) in [5, 5.41) is 8.85. The van der Waals surface area contributed by atoms with Crippen LogP contribution < -0.4 is 4.74 Å². The van der Waals surface area contributed by atoms with Gasteiger partial charge >= 0.3 is 12.1 Å². The fourth-order valence-corrected chi connectivity index (χ4v) is 2.58. The van der Waals surface area contributed by atoms with Crippen molar-refractivity contribution in [3.63, 3.8) is 0 Å². The lowest BCUT2D eigenvalue weighted by Gasteiger charge is -2.17. The number of benzene rings is 2. The maximum atomic E-state index is 13.3. The van der Waals surface area contributed by atoms with Crippen molar-refractivity contribution in [3.8, 4) is 5.75 Å². The molecule has 0 spiro atoms. The van der Waals surface area contributed by atoms with Crippen LogP contribution in [0.4, 0.5) is 13.2 Å². The minimum Gasteiger partial charge on any atom is -0.493 e. The molecule has 0 aromatic heterocycles. The molecule has 26 heavy (non-hydrogen) atoms. The van der Waals surface area contributed by atoms with Gasteiger partial charge in [-0.25, -0.2) is 4.79 Å². The molecule has 4 nitrogen and oxygen atoms in total. The molecule has 138 valence electrons. The quantitative estimate of drug-likeness (QED) is 0.763. The summed E-state index contributed by atoms with van der Waals surface area (Å²) in [6.45, 7) is 3.19. The largest absolute Gasteiger partial charge is 0.493 e. The predicted molar refractivity (Wildman–Crippen MR) is 88.8 cm³/mol. The van der Waals surface area contributed by atoms with E-state index in [2.05, 4.69) is 0 Å². The molecule has 0 radical (unpaired) electrons.